The lowest BCUT2D eigenvalue weighted by Crippen LogP contribution is -2.27. The van der Waals surface area contributed by atoms with Crippen LogP contribution in [0.4, 0.5) is 5.95 Å². The van der Waals surface area contributed by atoms with Crippen LogP contribution < -0.4 is 19.5 Å². The fourth-order valence-electron chi connectivity index (χ4n) is 3.99. The molecule has 0 aliphatic rings. The van der Waals surface area contributed by atoms with Gasteiger partial charge in [0.2, 0.25) is 11.7 Å². The molecule has 1 amide bonds. The molecule has 0 spiro atoms. The molecule has 0 aliphatic carbocycles. The molecule has 190 valence electrons. The van der Waals surface area contributed by atoms with Gasteiger partial charge in [-0.15, -0.1) is 0 Å². The Morgan fingerprint density at radius 3 is 2.42 bits per heavy atom. The molecule has 36 heavy (non-hydrogen) atoms. The third-order valence-corrected chi connectivity index (χ3v) is 6.01. The lowest BCUT2D eigenvalue weighted by Gasteiger charge is -2.19. The second kappa shape index (κ2) is 11.6. The standard InChI is InChI=1S/C26H32N6O4/c1-5-30(6-2)16-17-32-21-11-8-7-10-19(21)27-26(32)28-25(33)20-14-15-31(29-20)18-36-24-22(34-3)12-9-13-23(24)35-4/h7-15H,5-6,16-18H2,1-4H3,(H,27,28,33). The molecule has 10 heteroatoms. The third kappa shape index (κ3) is 5.44. The molecule has 0 bridgehead atoms. The molecule has 2 heterocycles. The summed E-state index contributed by atoms with van der Waals surface area (Å²) in [6.45, 7) is 7.85. The summed E-state index contributed by atoms with van der Waals surface area (Å²) in [4.78, 5) is 20.0. The second-order valence-electron chi connectivity index (χ2n) is 8.06. The van der Waals surface area contributed by atoms with Crippen molar-refractivity contribution in [2.45, 2.75) is 27.1 Å². The fourth-order valence-corrected chi connectivity index (χ4v) is 3.99. The Morgan fingerprint density at radius 1 is 1.00 bits per heavy atom. The number of nitrogens with one attached hydrogen (secondary N) is 1. The van der Waals surface area contributed by atoms with Crippen LogP contribution in [0.3, 0.4) is 0 Å². The van der Waals surface area contributed by atoms with Crippen molar-refractivity contribution in [1.82, 2.24) is 24.2 Å². The fraction of sp³-hybridized carbons (Fsp3) is 0.346. The van der Waals surface area contributed by atoms with E-state index in [0.717, 1.165) is 30.7 Å². The smallest absolute Gasteiger partial charge is 0.278 e. The number of fused-ring (bicyclic) bond motifs is 1. The first-order valence-electron chi connectivity index (χ1n) is 11.9. The highest BCUT2D eigenvalue weighted by Crippen LogP contribution is 2.36. The number of carbonyl (C=O) groups excluding carboxylic acids is 1. The zero-order valence-electron chi connectivity index (χ0n) is 21.1. The summed E-state index contributed by atoms with van der Waals surface area (Å²) in [6, 6.07) is 14.9. The van der Waals surface area contributed by atoms with Gasteiger partial charge >= 0.3 is 0 Å². The number of anilines is 1. The number of methoxy groups -OCH3 is 2. The van der Waals surface area contributed by atoms with Crippen LogP contribution in [0.15, 0.2) is 54.7 Å². The van der Waals surface area contributed by atoms with Gasteiger partial charge in [-0.05, 0) is 43.4 Å². The Bertz CT molecular complexity index is 1290. The van der Waals surface area contributed by atoms with Gasteiger partial charge in [0.15, 0.2) is 23.9 Å². The Labute approximate surface area is 210 Å². The monoisotopic (exact) mass is 492 g/mol. The summed E-state index contributed by atoms with van der Waals surface area (Å²) >= 11 is 0. The zero-order valence-corrected chi connectivity index (χ0v) is 21.1. The Morgan fingerprint density at radius 2 is 1.72 bits per heavy atom. The van der Waals surface area contributed by atoms with Crippen molar-refractivity contribution < 1.29 is 19.0 Å². The summed E-state index contributed by atoms with van der Waals surface area (Å²) in [5.41, 5.74) is 2.06. The van der Waals surface area contributed by atoms with Crippen molar-refractivity contribution in [2.24, 2.45) is 0 Å². The summed E-state index contributed by atoms with van der Waals surface area (Å²) in [6.07, 6.45) is 1.68. The molecule has 4 rings (SSSR count). The third-order valence-electron chi connectivity index (χ3n) is 6.01. The molecule has 0 atom stereocenters. The number of likely N-dealkylation sites (N-methyl/N-ethyl adjacent to an activating group) is 1. The van der Waals surface area contributed by atoms with Gasteiger partial charge in [0.25, 0.3) is 5.91 Å². The van der Waals surface area contributed by atoms with E-state index >= 15 is 0 Å². The van der Waals surface area contributed by atoms with E-state index in [4.69, 9.17) is 14.2 Å². The molecule has 0 radical (unpaired) electrons. The van der Waals surface area contributed by atoms with Crippen LogP contribution in [0.2, 0.25) is 0 Å². The summed E-state index contributed by atoms with van der Waals surface area (Å²) in [5.74, 6) is 1.71. The number of amides is 1. The molecule has 0 saturated carbocycles. The minimum atomic E-state index is -0.344. The molecule has 2 aromatic carbocycles. The Balaban J connectivity index is 1.48. The lowest BCUT2D eigenvalue weighted by molar-refractivity contribution is 0.101. The highest BCUT2D eigenvalue weighted by atomic mass is 16.5. The van der Waals surface area contributed by atoms with Gasteiger partial charge in [-0.2, -0.15) is 5.10 Å². The number of ether oxygens (including phenoxy) is 3. The van der Waals surface area contributed by atoms with Crippen molar-refractivity contribution >= 4 is 22.9 Å². The first kappa shape index (κ1) is 25.1. The SMILES string of the molecule is CCN(CC)CCn1c(NC(=O)c2ccn(COc3c(OC)cccc3OC)n2)nc2ccccc21. The highest BCUT2D eigenvalue weighted by Gasteiger charge is 2.17. The molecule has 10 nitrogen and oxygen atoms in total. The Kier molecular flexibility index (Phi) is 8.06. The Hall–Kier alpha value is -4.05. The number of imidazole rings is 1. The van der Waals surface area contributed by atoms with Gasteiger partial charge in [0.1, 0.15) is 0 Å². The maximum Gasteiger partial charge on any atom is 0.278 e. The van der Waals surface area contributed by atoms with Crippen molar-refractivity contribution in [1.29, 1.82) is 0 Å². The van der Waals surface area contributed by atoms with Crippen LogP contribution in [-0.2, 0) is 13.3 Å². The van der Waals surface area contributed by atoms with Gasteiger partial charge in [-0.3, -0.25) is 10.1 Å². The topological polar surface area (TPSA) is 95.7 Å². The van der Waals surface area contributed by atoms with Crippen molar-refractivity contribution in [3.8, 4) is 17.2 Å². The largest absolute Gasteiger partial charge is 0.493 e. The maximum absolute atomic E-state index is 13.1. The van der Waals surface area contributed by atoms with E-state index in [-0.39, 0.29) is 18.3 Å². The molecular formula is C26H32N6O4. The molecule has 0 aliphatic heterocycles. The molecule has 0 fully saturated rings. The van der Waals surface area contributed by atoms with Gasteiger partial charge in [-0.25, -0.2) is 9.67 Å². The van der Waals surface area contributed by atoms with E-state index in [1.54, 1.807) is 38.6 Å². The number of rotatable bonds is 12. The first-order valence-corrected chi connectivity index (χ1v) is 11.9. The number of benzene rings is 2. The average Bonchev–Trinajstić information content (AvgIpc) is 3.52. The van der Waals surface area contributed by atoms with E-state index in [0.29, 0.717) is 29.7 Å². The zero-order chi connectivity index (χ0) is 25.5. The van der Waals surface area contributed by atoms with E-state index < -0.39 is 0 Å². The number of para-hydroxylation sites is 3. The number of carbonyl (C=O) groups is 1. The first-order chi connectivity index (χ1) is 17.6. The van der Waals surface area contributed by atoms with Crippen LogP contribution in [0.1, 0.15) is 24.3 Å². The highest BCUT2D eigenvalue weighted by molar-refractivity contribution is 6.02. The summed E-state index contributed by atoms with van der Waals surface area (Å²) < 4.78 is 20.2. The minimum Gasteiger partial charge on any atom is -0.493 e. The van der Waals surface area contributed by atoms with Crippen LogP contribution in [0.5, 0.6) is 17.2 Å². The quantitative estimate of drug-likeness (QED) is 0.321. The molecule has 1 N–H and O–H groups in total. The van der Waals surface area contributed by atoms with E-state index in [1.807, 2.05) is 34.9 Å². The van der Waals surface area contributed by atoms with E-state index in [9.17, 15) is 4.79 Å². The summed E-state index contributed by atoms with van der Waals surface area (Å²) in [5, 5.41) is 7.31. The predicted octanol–water partition coefficient (Wildman–Crippen LogP) is 3.88. The van der Waals surface area contributed by atoms with Gasteiger partial charge < -0.3 is 23.7 Å². The number of nitrogens with zero attached hydrogens (tertiary/aromatic N) is 5. The summed E-state index contributed by atoms with van der Waals surface area (Å²) in [7, 11) is 3.13. The number of hydrogen-bond donors (Lipinski definition) is 1. The van der Waals surface area contributed by atoms with Crippen LogP contribution in [0, 0.1) is 0 Å². The molecule has 4 aromatic rings. The number of aromatic nitrogens is 4. The second-order valence-corrected chi connectivity index (χ2v) is 8.06. The predicted molar refractivity (Wildman–Crippen MR) is 138 cm³/mol. The lowest BCUT2D eigenvalue weighted by atomic mass is 10.3. The van der Waals surface area contributed by atoms with E-state index in [1.165, 1.54) is 4.68 Å². The minimum absolute atomic E-state index is 0.0758. The van der Waals surface area contributed by atoms with Gasteiger partial charge in [0, 0.05) is 19.3 Å². The van der Waals surface area contributed by atoms with Crippen molar-refractivity contribution in [3.63, 3.8) is 0 Å². The average molecular weight is 493 g/mol. The molecular weight excluding hydrogens is 460 g/mol. The maximum atomic E-state index is 13.1. The van der Waals surface area contributed by atoms with Crippen molar-refractivity contribution in [2.75, 3.05) is 39.2 Å². The van der Waals surface area contributed by atoms with Crippen LogP contribution >= 0.6 is 0 Å². The van der Waals surface area contributed by atoms with Crippen LogP contribution in [-0.4, -0.2) is 64.0 Å². The van der Waals surface area contributed by atoms with Gasteiger partial charge in [-0.1, -0.05) is 32.0 Å². The number of hydrogen-bond acceptors (Lipinski definition) is 7. The van der Waals surface area contributed by atoms with Crippen molar-refractivity contribution in [3.05, 3.63) is 60.4 Å². The molecule has 0 unspecified atom stereocenters. The molecule has 2 aromatic heterocycles. The van der Waals surface area contributed by atoms with E-state index in [2.05, 4.69) is 34.1 Å². The normalized spacial score (nSPS) is 11.1. The van der Waals surface area contributed by atoms with Crippen LogP contribution in [0.25, 0.3) is 11.0 Å². The molecule has 0 saturated heterocycles. The van der Waals surface area contributed by atoms with Gasteiger partial charge in [0.05, 0.1) is 25.3 Å².